The van der Waals surface area contributed by atoms with E-state index in [4.69, 9.17) is 11.6 Å². The number of nitrogens with zero attached hydrogens (tertiary/aromatic N) is 5. The molecule has 1 atom stereocenters. The lowest BCUT2D eigenvalue weighted by atomic mass is 9.93. The molecule has 7 heteroatoms. The predicted octanol–water partition coefficient (Wildman–Crippen LogP) is 4.27. The van der Waals surface area contributed by atoms with E-state index in [1.165, 1.54) is 11.3 Å². The molecule has 0 amide bonds. The van der Waals surface area contributed by atoms with Gasteiger partial charge in [-0.15, -0.1) is 0 Å². The lowest BCUT2D eigenvalue weighted by molar-refractivity contribution is 0.454. The molecule has 1 aliphatic rings. The Kier molecular flexibility index (Phi) is 4.87. The summed E-state index contributed by atoms with van der Waals surface area (Å²) in [6.45, 7) is 0.739. The molecule has 1 N–H and O–H groups in total. The van der Waals surface area contributed by atoms with Crippen molar-refractivity contribution in [1.82, 2.24) is 29.9 Å². The SMILES string of the molecule is Clc1ccccc1-n1cc(CN[C@@H]2CCCc3c2cnn3-c2ccccn2)cn1. The van der Waals surface area contributed by atoms with Crippen LogP contribution in [0.4, 0.5) is 0 Å². The Morgan fingerprint density at radius 1 is 1.07 bits per heavy atom. The average molecular weight is 405 g/mol. The first kappa shape index (κ1) is 18.1. The van der Waals surface area contributed by atoms with Gasteiger partial charge in [-0.25, -0.2) is 14.3 Å². The fourth-order valence-corrected chi connectivity index (χ4v) is 4.13. The average Bonchev–Trinajstić information content (AvgIpc) is 3.41. The molecule has 0 saturated carbocycles. The first-order chi connectivity index (χ1) is 14.3. The van der Waals surface area contributed by atoms with Crippen LogP contribution in [0.5, 0.6) is 0 Å². The fraction of sp³-hybridized carbons (Fsp3) is 0.227. The second-order valence-corrected chi connectivity index (χ2v) is 7.62. The number of rotatable bonds is 5. The van der Waals surface area contributed by atoms with E-state index >= 15 is 0 Å². The third-order valence-electron chi connectivity index (χ3n) is 5.34. The summed E-state index contributed by atoms with van der Waals surface area (Å²) < 4.78 is 3.79. The predicted molar refractivity (Wildman–Crippen MR) is 112 cm³/mol. The maximum atomic E-state index is 6.29. The highest BCUT2D eigenvalue weighted by Gasteiger charge is 2.24. The van der Waals surface area contributed by atoms with Gasteiger partial charge >= 0.3 is 0 Å². The van der Waals surface area contributed by atoms with Crippen LogP contribution in [0.2, 0.25) is 5.02 Å². The molecule has 0 radical (unpaired) electrons. The van der Waals surface area contributed by atoms with Gasteiger partial charge in [-0.3, -0.25) is 0 Å². The summed E-state index contributed by atoms with van der Waals surface area (Å²) in [6, 6.07) is 13.9. The highest BCUT2D eigenvalue weighted by Crippen LogP contribution is 2.31. The quantitative estimate of drug-likeness (QED) is 0.539. The van der Waals surface area contributed by atoms with Crippen molar-refractivity contribution in [3.05, 3.63) is 89.1 Å². The van der Waals surface area contributed by atoms with Crippen LogP contribution in [0.25, 0.3) is 11.5 Å². The highest BCUT2D eigenvalue weighted by molar-refractivity contribution is 6.32. The summed E-state index contributed by atoms with van der Waals surface area (Å²) in [4.78, 5) is 4.44. The van der Waals surface area contributed by atoms with Crippen molar-refractivity contribution in [2.45, 2.75) is 31.8 Å². The van der Waals surface area contributed by atoms with Crippen LogP contribution >= 0.6 is 11.6 Å². The van der Waals surface area contributed by atoms with Gasteiger partial charge in [0.25, 0.3) is 0 Å². The molecule has 3 aromatic heterocycles. The summed E-state index contributed by atoms with van der Waals surface area (Å²) in [7, 11) is 0. The Hall–Kier alpha value is -2.96. The van der Waals surface area contributed by atoms with Crippen molar-refractivity contribution in [1.29, 1.82) is 0 Å². The topological polar surface area (TPSA) is 60.6 Å². The molecular formula is C22H21ClN6. The van der Waals surface area contributed by atoms with Crippen molar-refractivity contribution >= 4 is 11.6 Å². The zero-order chi connectivity index (χ0) is 19.6. The van der Waals surface area contributed by atoms with E-state index < -0.39 is 0 Å². The third kappa shape index (κ3) is 3.57. The number of fused-ring (bicyclic) bond motifs is 1. The number of para-hydroxylation sites is 1. The van der Waals surface area contributed by atoms with E-state index in [1.807, 2.05) is 70.4 Å². The van der Waals surface area contributed by atoms with Crippen LogP contribution in [0.15, 0.2) is 67.3 Å². The van der Waals surface area contributed by atoms with Crippen LogP contribution < -0.4 is 5.32 Å². The highest BCUT2D eigenvalue weighted by atomic mass is 35.5. The van der Waals surface area contributed by atoms with Crippen LogP contribution in [0, 0.1) is 0 Å². The third-order valence-corrected chi connectivity index (χ3v) is 5.66. The van der Waals surface area contributed by atoms with Gasteiger partial charge in [0.05, 0.1) is 28.8 Å². The molecule has 0 fully saturated rings. The number of pyridine rings is 1. The summed E-state index contributed by atoms with van der Waals surface area (Å²) >= 11 is 6.29. The molecule has 1 aliphatic carbocycles. The monoisotopic (exact) mass is 404 g/mol. The molecule has 5 rings (SSSR count). The van der Waals surface area contributed by atoms with Crippen molar-refractivity contribution in [2.24, 2.45) is 0 Å². The van der Waals surface area contributed by atoms with Crippen LogP contribution in [-0.2, 0) is 13.0 Å². The zero-order valence-corrected chi connectivity index (χ0v) is 16.6. The van der Waals surface area contributed by atoms with Crippen molar-refractivity contribution in [3.8, 4) is 11.5 Å². The first-order valence-corrected chi connectivity index (χ1v) is 10.2. The van der Waals surface area contributed by atoms with Gasteiger partial charge in [-0.2, -0.15) is 10.2 Å². The first-order valence-electron chi connectivity index (χ1n) is 9.79. The lowest BCUT2D eigenvalue weighted by Gasteiger charge is -2.24. The molecule has 3 heterocycles. The van der Waals surface area contributed by atoms with Gasteiger partial charge in [-0.05, 0) is 43.5 Å². The molecule has 0 unspecified atom stereocenters. The Balaban J connectivity index is 1.32. The number of halogens is 1. The molecule has 0 spiro atoms. The van der Waals surface area contributed by atoms with Gasteiger partial charge in [0, 0.05) is 36.1 Å². The van der Waals surface area contributed by atoms with E-state index in [1.54, 1.807) is 6.20 Å². The van der Waals surface area contributed by atoms with Gasteiger partial charge in [-0.1, -0.05) is 29.8 Å². The molecular weight excluding hydrogens is 384 g/mol. The number of nitrogens with one attached hydrogen (secondary N) is 1. The standard InChI is InChI=1S/C22H21ClN6/c23-18-6-1-2-8-21(18)28-15-16(13-26-28)12-25-19-7-5-9-20-17(19)14-27-29(20)22-10-3-4-11-24-22/h1-4,6,8,10-11,13-15,19,25H,5,7,9,12H2/t19-/m1/s1. The summed E-state index contributed by atoms with van der Waals surface area (Å²) in [5.41, 5.74) is 4.52. The Bertz CT molecular complexity index is 1120. The second-order valence-electron chi connectivity index (χ2n) is 7.22. The molecule has 1 aromatic carbocycles. The molecule has 4 aromatic rings. The maximum absolute atomic E-state index is 6.29. The number of hydrogen-bond acceptors (Lipinski definition) is 4. The Morgan fingerprint density at radius 2 is 1.97 bits per heavy atom. The van der Waals surface area contributed by atoms with Crippen molar-refractivity contribution in [3.63, 3.8) is 0 Å². The minimum Gasteiger partial charge on any atom is -0.306 e. The minimum atomic E-state index is 0.278. The second kappa shape index (κ2) is 7.81. The number of benzene rings is 1. The van der Waals surface area contributed by atoms with E-state index in [-0.39, 0.29) is 6.04 Å². The molecule has 0 aliphatic heterocycles. The van der Waals surface area contributed by atoms with E-state index in [2.05, 4.69) is 20.5 Å². The summed E-state index contributed by atoms with van der Waals surface area (Å²) in [5, 5.41) is 13.4. The molecule has 146 valence electrons. The van der Waals surface area contributed by atoms with Gasteiger partial charge < -0.3 is 5.32 Å². The fourth-order valence-electron chi connectivity index (χ4n) is 3.91. The van der Waals surface area contributed by atoms with E-state index in [9.17, 15) is 0 Å². The van der Waals surface area contributed by atoms with Crippen molar-refractivity contribution < 1.29 is 0 Å². The zero-order valence-electron chi connectivity index (χ0n) is 15.9. The Labute approximate surface area is 174 Å². The molecule has 0 bridgehead atoms. The van der Waals surface area contributed by atoms with Gasteiger partial charge in [0.2, 0.25) is 0 Å². The lowest BCUT2D eigenvalue weighted by Crippen LogP contribution is -2.25. The molecule has 29 heavy (non-hydrogen) atoms. The van der Waals surface area contributed by atoms with Crippen LogP contribution in [0.1, 0.15) is 35.7 Å². The normalized spacial score (nSPS) is 16.0. The van der Waals surface area contributed by atoms with Crippen LogP contribution in [-0.4, -0.2) is 24.5 Å². The molecule has 6 nitrogen and oxygen atoms in total. The van der Waals surface area contributed by atoms with E-state index in [0.29, 0.717) is 5.02 Å². The van der Waals surface area contributed by atoms with Gasteiger partial charge in [0.1, 0.15) is 0 Å². The minimum absolute atomic E-state index is 0.278. The maximum Gasteiger partial charge on any atom is 0.153 e. The smallest absolute Gasteiger partial charge is 0.153 e. The summed E-state index contributed by atoms with van der Waals surface area (Å²) in [6.07, 6.45) is 10.9. The van der Waals surface area contributed by atoms with Gasteiger partial charge in [0.15, 0.2) is 5.82 Å². The Morgan fingerprint density at radius 3 is 2.83 bits per heavy atom. The largest absolute Gasteiger partial charge is 0.306 e. The van der Waals surface area contributed by atoms with E-state index in [0.717, 1.165) is 42.9 Å². The van der Waals surface area contributed by atoms with Crippen LogP contribution in [0.3, 0.4) is 0 Å². The summed E-state index contributed by atoms with van der Waals surface area (Å²) in [5.74, 6) is 0.871. The number of aromatic nitrogens is 5. The molecule has 0 saturated heterocycles. The number of hydrogen-bond donors (Lipinski definition) is 1. The van der Waals surface area contributed by atoms with Crippen molar-refractivity contribution in [2.75, 3.05) is 0 Å².